The van der Waals surface area contributed by atoms with Crippen LogP contribution in [0.5, 0.6) is 5.75 Å². The van der Waals surface area contributed by atoms with Crippen LogP contribution in [0.1, 0.15) is 27.9 Å². The molecule has 1 aliphatic rings. The molecule has 5 aromatic rings. The number of aromatic amines is 1. The predicted molar refractivity (Wildman–Crippen MR) is 132 cm³/mol. The van der Waals surface area contributed by atoms with Crippen molar-refractivity contribution < 1.29 is 28.3 Å². The monoisotopic (exact) mass is 502 g/mol. The van der Waals surface area contributed by atoms with E-state index >= 15 is 0 Å². The van der Waals surface area contributed by atoms with E-state index < -0.39 is 23.5 Å². The van der Waals surface area contributed by atoms with E-state index in [1.807, 2.05) is 24.3 Å². The zero-order chi connectivity index (χ0) is 25.0. The molecule has 36 heavy (non-hydrogen) atoms. The maximum absolute atomic E-state index is 13.8. The summed E-state index contributed by atoms with van der Waals surface area (Å²) in [5.41, 5.74) is 1.75. The number of amides is 1. The Labute approximate surface area is 209 Å². The lowest BCUT2D eigenvalue weighted by molar-refractivity contribution is -0.130. The molecule has 180 valence electrons. The summed E-state index contributed by atoms with van der Waals surface area (Å²) in [4.78, 5) is 31.7. The molecule has 0 aliphatic carbocycles. The first-order chi connectivity index (χ1) is 17.5. The minimum atomic E-state index is -0.884. The molecular formula is C27H19ClN2O6. The molecule has 6 rings (SSSR count). The number of aliphatic hydroxyl groups is 1. The first-order valence-corrected chi connectivity index (χ1v) is 11.5. The van der Waals surface area contributed by atoms with E-state index in [1.165, 1.54) is 24.3 Å². The van der Waals surface area contributed by atoms with Crippen LogP contribution in [0.15, 0.2) is 87.2 Å². The van der Waals surface area contributed by atoms with Gasteiger partial charge in [-0.2, -0.15) is 0 Å². The lowest BCUT2D eigenvalue weighted by atomic mass is 9.94. The van der Waals surface area contributed by atoms with E-state index in [0.29, 0.717) is 33.1 Å². The second-order valence-corrected chi connectivity index (χ2v) is 8.87. The minimum absolute atomic E-state index is 0.0513. The third-order valence-electron chi connectivity index (χ3n) is 6.36. The molecule has 1 atom stereocenters. The van der Waals surface area contributed by atoms with Gasteiger partial charge in [0.05, 0.1) is 31.5 Å². The zero-order valence-electron chi connectivity index (χ0n) is 18.9. The number of aromatic nitrogens is 1. The summed E-state index contributed by atoms with van der Waals surface area (Å²) in [6, 6.07) is 14.8. The van der Waals surface area contributed by atoms with Gasteiger partial charge in [-0.3, -0.25) is 9.59 Å². The molecule has 0 bridgehead atoms. The Morgan fingerprint density at radius 2 is 2.03 bits per heavy atom. The van der Waals surface area contributed by atoms with Gasteiger partial charge in [-0.25, -0.2) is 0 Å². The Kier molecular flexibility index (Phi) is 5.12. The molecule has 0 radical (unpaired) electrons. The number of carbonyl (C=O) groups excluding carboxylic acids is 2. The molecule has 3 aromatic heterocycles. The van der Waals surface area contributed by atoms with Crippen LogP contribution in [-0.2, 0) is 11.3 Å². The molecule has 0 saturated heterocycles. The fraction of sp³-hybridized carbons (Fsp3) is 0.111. The standard InChI is InChI=1S/C27H19ClN2O6/c1-34-21-11-15(28)9-14-10-20(36-26(14)21)24(31)22-23(18-12-29-19-7-3-2-6-17(18)19)30(27(33)25(22)32)13-16-5-4-8-35-16/h2-12,23,29,32H,13H2,1H3. The number of halogens is 1. The Morgan fingerprint density at radius 3 is 2.81 bits per heavy atom. The van der Waals surface area contributed by atoms with Crippen LogP contribution in [0.2, 0.25) is 5.02 Å². The van der Waals surface area contributed by atoms with Gasteiger partial charge in [0.2, 0.25) is 5.78 Å². The summed E-state index contributed by atoms with van der Waals surface area (Å²) in [6.45, 7) is 0.0560. The largest absolute Gasteiger partial charge is 0.503 e. The van der Waals surface area contributed by atoms with Gasteiger partial charge >= 0.3 is 0 Å². The highest BCUT2D eigenvalue weighted by atomic mass is 35.5. The second kappa shape index (κ2) is 8.35. The summed E-state index contributed by atoms with van der Waals surface area (Å²) < 4.78 is 16.7. The summed E-state index contributed by atoms with van der Waals surface area (Å²) in [5.74, 6) is -1.10. The first-order valence-electron chi connectivity index (χ1n) is 11.1. The third kappa shape index (κ3) is 3.37. The number of furan rings is 2. The van der Waals surface area contributed by atoms with Crippen LogP contribution in [0, 0.1) is 0 Å². The lowest BCUT2D eigenvalue weighted by Crippen LogP contribution is -2.30. The van der Waals surface area contributed by atoms with Crippen molar-refractivity contribution in [2.24, 2.45) is 0 Å². The molecule has 9 heteroatoms. The summed E-state index contributed by atoms with van der Waals surface area (Å²) >= 11 is 6.17. The fourth-order valence-corrected chi connectivity index (χ4v) is 4.96. The maximum Gasteiger partial charge on any atom is 0.290 e. The van der Waals surface area contributed by atoms with Crippen molar-refractivity contribution in [3.8, 4) is 5.75 Å². The van der Waals surface area contributed by atoms with Crippen molar-refractivity contribution in [1.82, 2.24) is 9.88 Å². The van der Waals surface area contributed by atoms with Crippen LogP contribution in [0.3, 0.4) is 0 Å². The quantitative estimate of drug-likeness (QED) is 0.278. The molecule has 2 aromatic carbocycles. The van der Waals surface area contributed by atoms with Crippen LogP contribution >= 0.6 is 11.6 Å². The summed E-state index contributed by atoms with van der Waals surface area (Å²) in [7, 11) is 1.47. The molecule has 8 nitrogen and oxygen atoms in total. The van der Waals surface area contributed by atoms with Crippen LogP contribution in [0.25, 0.3) is 21.9 Å². The van der Waals surface area contributed by atoms with E-state index in [0.717, 1.165) is 10.9 Å². The number of hydrogen-bond acceptors (Lipinski definition) is 6. The number of benzene rings is 2. The van der Waals surface area contributed by atoms with Crippen LogP contribution in [0.4, 0.5) is 0 Å². The zero-order valence-corrected chi connectivity index (χ0v) is 19.7. The van der Waals surface area contributed by atoms with Crippen LogP contribution in [-0.4, -0.2) is 33.8 Å². The van der Waals surface area contributed by atoms with Gasteiger partial charge in [-0.05, 0) is 30.3 Å². The number of methoxy groups -OCH3 is 1. The van der Waals surface area contributed by atoms with Gasteiger partial charge in [0, 0.05) is 39.1 Å². The van der Waals surface area contributed by atoms with Gasteiger partial charge < -0.3 is 28.6 Å². The molecule has 2 N–H and O–H groups in total. The maximum atomic E-state index is 13.8. The van der Waals surface area contributed by atoms with Gasteiger partial charge in [-0.1, -0.05) is 29.8 Å². The topological polar surface area (TPSA) is 109 Å². The molecule has 4 heterocycles. The summed E-state index contributed by atoms with van der Waals surface area (Å²) in [6.07, 6.45) is 3.24. The highest BCUT2D eigenvalue weighted by Crippen LogP contribution is 2.43. The van der Waals surface area contributed by atoms with E-state index in [4.69, 9.17) is 25.2 Å². The van der Waals surface area contributed by atoms with E-state index in [-0.39, 0.29) is 17.9 Å². The highest BCUT2D eigenvalue weighted by Gasteiger charge is 2.45. The van der Waals surface area contributed by atoms with Crippen molar-refractivity contribution in [3.05, 3.63) is 100 Å². The van der Waals surface area contributed by atoms with Gasteiger partial charge in [0.25, 0.3) is 5.91 Å². The van der Waals surface area contributed by atoms with Crippen molar-refractivity contribution in [2.45, 2.75) is 12.6 Å². The SMILES string of the molecule is COc1cc(Cl)cc2cc(C(=O)C3=C(O)C(=O)N(Cc4ccco4)C3c3c[nH]c4ccccc34)oc12. The van der Waals surface area contributed by atoms with Gasteiger partial charge in [0.15, 0.2) is 22.9 Å². The number of ketones is 1. The molecule has 1 unspecified atom stereocenters. The number of nitrogens with zero attached hydrogens (tertiary/aromatic N) is 1. The Bertz CT molecular complexity index is 1680. The number of fused-ring (bicyclic) bond motifs is 2. The van der Waals surface area contributed by atoms with Crippen molar-refractivity contribution in [3.63, 3.8) is 0 Å². The summed E-state index contributed by atoms with van der Waals surface area (Å²) in [5, 5.41) is 12.8. The van der Waals surface area contributed by atoms with Crippen molar-refractivity contribution in [2.75, 3.05) is 7.11 Å². The number of ether oxygens (including phenoxy) is 1. The molecular weight excluding hydrogens is 484 g/mol. The average Bonchev–Trinajstić information content (AvgIpc) is 3.66. The number of H-pyrrole nitrogens is 1. The molecule has 0 spiro atoms. The predicted octanol–water partition coefficient (Wildman–Crippen LogP) is 5.95. The van der Waals surface area contributed by atoms with E-state index in [1.54, 1.807) is 30.5 Å². The first kappa shape index (κ1) is 22.1. The minimum Gasteiger partial charge on any atom is -0.503 e. The smallest absolute Gasteiger partial charge is 0.290 e. The molecule has 1 amide bonds. The average molecular weight is 503 g/mol. The fourth-order valence-electron chi connectivity index (χ4n) is 4.74. The number of carbonyl (C=O) groups is 2. The normalized spacial score (nSPS) is 16.0. The van der Waals surface area contributed by atoms with E-state index in [9.17, 15) is 14.7 Å². The van der Waals surface area contributed by atoms with Gasteiger partial charge in [0.1, 0.15) is 5.76 Å². The van der Waals surface area contributed by atoms with E-state index in [2.05, 4.69) is 4.98 Å². The second-order valence-electron chi connectivity index (χ2n) is 8.43. The number of hydrogen-bond donors (Lipinski definition) is 2. The number of nitrogens with one attached hydrogen (secondary N) is 1. The molecule has 0 fully saturated rings. The van der Waals surface area contributed by atoms with Crippen molar-refractivity contribution >= 4 is 45.2 Å². The molecule has 1 aliphatic heterocycles. The van der Waals surface area contributed by atoms with Crippen LogP contribution < -0.4 is 4.74 Å². The van der Waals surface area contributed by atoms with Gasteiger partial charge in [-0.15, -0.1) is 0 Å². The Morgan fingerprint density at radius 1 is 1.19 bits per heavy atom. The highest BCUT2D eigenvalue weighted by molar-refractivity contribution is 6.31. The number of aliphatic hydroxyl groups excluding tert-OH is 1. The van der Waals surface area contributed by atoms with Crippen molar-refractivity contribution in [1.29, 1.82) is 0 Å². The number of Topliss-reactive ketones (excluding diaryl/α,β-unsaturated/α-hetero) is 1. The molecule has 0 saturated carbocycles. The number of para-hydroxylation sites is 1. The Balaban J connectivity index is 1.50. The number of rotatable bonds is 6. The lowest BCUT2D eigenvalue weighted by Gasteiger charge is -2.25. The Hall–Kier alpha value is -4.43. The third-order valence-corrected chi connectivity index (χ3v) is 6.58.